The fourth-order valence-corrected chi connectivity index (χ4v) is 5.81. The van der Waals surface area contributed by atoms with Gasteiger partial charge in [0.15, 0.2) is 0 Å². The Balaban J connectivity index is 1.31. The minimum atomic E-state index is 0.0176. The monoisotopic (exact) mass is 362 g/mol. The highest BCUT2D eigenvalue weighted by atomic mass is 16.6. The molecule has 0 aromatic heterocycles. The summed E-state index contributed by atoms with van der Waals surface area (Å²) in [6, 6.07) is 0. The van der Waals surface area contributed by atoms with E-state index < -0.39 is 0 Å². The van der Waals surface area contributed by atoms with Crippen molar-refractivity contribution in [3.05, 3.63) is 12.2 Å². The van der Waals surface area contributed by atoms with Gasteiger partial charge in [-0.2, -0.15) is 0 Å². The van der Waals surface area contributed by atoms with Crippen molar-refractivity contribution in [3.8, 4) is 0 Å². The van der Waals surface area contributed by atoms with Crippen molar-refractivity contribution in [2.45, 2.75) is 45.1 Å². The van der Waals surface area contributed by atoms with Crippen molar-refractivity contribution in [2.75, 3.05) is 45.9 Å². The van der Waals surface area contributed by atoms with Crippen LogP contribution >= 0.6 is 0 Å². The first-order valence-electron chi connectivity index (χ1n) is 10.5. The van der Waals surface area contributed by atoms with Crippen molar-refractivity contribution >= 4 is 5.97 Å². The lowest BCUT2D eigenvalue weighted by Gasteiger charge is -2.50. The van der Waals surface area contributed by atoms with Gasteiger partial charge in [-0.15, -0.1) is 0 Å². The van der Waals surface area contributed by atoms with Gasteiger partial charge in [0, 0.05) is 38.6 Å². The molecule has 0 radical (unpaired) electrons. The third kappa shape index (κ3) is 3.58. The van der Waals surface area contributed by atoms with Crippen LogP contribution in [0.5, 0.6) is 0 Å². The number of nitrogens with one attached hydrogen (secondary N) is 1. The summed E-state index contributed by atoms with van der Waals surface area (Å²) in [4.78, 5) is 14.9. The van der Waals surface area contributed by atoms with Crippen LogP contribution in [0, 0.1) is 23.2 Å². The molecule has 26 heavy (non-hydrogen) atoms. The summed E-state index contributed by atoms with van der Waals surface area (Å²) >= 11 is 0. The average Bonchev–Trinajstić information content (AvgIpc) is 2.92. The largest absolute Gasteiger partial charge is 0.462 e. The summed E-state index contributed by atoms with van der Waals surface area (Å²) in [5.41, 5.74) is 1.70. The van der Waals surface area contributed by atoms with Crippen LogP contribution in [-0.4, -0.2) is 62.9 Å². The standard InChI is InChI=1S/C21H34N2O3/c1-15-4-3-5-21(2)13-19-16(12-18(15)21)17(20(24)26-19)14-22-6-7-23-8-10-25-11-9-23/h16-19,22H,1,3-14H2,2H3/t16-,17-,18-,19+,21-/m0/s1. The van der Waals surface area contributed by atoms with Crippen LogP contribution in [0.15, 0.2) is 12.2 Å². The summed E-state index contributed by atoms with van der Waals surface area (Å²) in [6.07, 6.45) is 5.89. The molecule has 4 fully saturated rings. The number of allylic oxidation sites excluding steroid dienone is 1. The van der Waals surface area contributed by atoms with E-state index in [9.17, 15) is 4.79 Å². The molecular formula is C21H34N2O3. The van der Waals surface area contributed by atoms with E-state index in [1.54, 1.807) is 0 Å². The van der Waals surface area contributed by atoms with Crippen molar-refractivity contribution < 1.29 is 14.3 Å². The Kier molecular flexibility index (Phi) is 5.40. The molecule has 0 aromatic rings. The summed E-state index contributed by atoms with van der Waals surface area (Å²) < 4.78 is 11.2. The molecule has 2 aliphatic heterocycles. The normalized spacial score (nSPS) is 40.8. The molecule has 0 spiro atoms. The Morgan fingerprint density at radius 3 is 2.96 bits per heavy atom. The first-order valence-corrected chi connectivity index (χ1v) is 10.5. The van der Waals surface area contributed by atoms with Gasteiger partial charge in [-0.1, -0.05) is 19.1 Å². The number of ether oxygens (including phenoxy) is 2. The van der Waals surface area contributed by atoms with Gasteiger partial charge in [0.25, 0.3) is 0 Å². The molecule has 5 atom stereocenters. The topological polar surface area (TPSA) is 50.8 Å². The zero-order valence-electron chi connectivity index (χ0n) is 16.2. The van der Waals surface area contributed by atoms with Crippen LogP contribution in [0.1, 0.15) is 39.0 Å². The Morgan fingerprint density at radius 1 is 1.35 bits per heavy atom. The number of carbonyl (C=O) groups excluding carboxylic acids is 1. The second-order valence-corrected chi connectivity index (χ2v) is 9.06. The summed E-state index contributed by atoms with van der Waals surface area (Å²) in [7, 11) is 0. The molecule has 1 N–H and O–H groups in total. The molecule has 2 heterocycles. The van der Waals surface area contributed by atoms with E-state index >= 15 is 0 Å². The fourth-order valence-electron chi connectivity index (χ4n) is 5.81. The van der Waals surface area contributed by atoms with E-state index in [4.69, 9.17) is 9.47 Å². The molecule has 5 nitrogen and oxygen atoms in total. The zero-order chi connectivity index (χ0) is 18.1. The second kappa shape index (κ2) is 7.61. The fraction of sp³-hybridized carbons (Fsp3) is 0.857. The zero-order valence-corrected chi connectivity index (χ0v) is 16.2. The molecule has 4 rings (SSSR count). The van der Waals surface area contributed by atoms with E-state index in [1.807, 2.05) is 0 Å². The molecule has 2 saturated heterocycles. The molecule has 0 unspecified atom stereocenters. The number of morpholine rings is 1. The van der Waals surface area contributed by atoms with E-state index in [-0.39, 0.29) is 23.4 Å². The van der Waals surface area contributed by atoms with Gasteiger partial charge in [-0.25, -0.2) is 0 Å². The lowest BCUT2D eigenvalue weighted by atomic mass is 9.55. The minimum absolute atomic E-state index is 0.0176. The minimum Gasteiger partial charge on any atom is -0.462 e. The smallest absolute Gasteiger partial charge is 0.310 e. The van der Waals surface area contributed by atoms with Crippen molar-refractivity contribution in [3.63, 3.8) is 0 Å². The third-order valence-corrected chi connectivity index (χ3v) is 7.39. The van der Waals surface area contributed by atoms with Gasteiger partial charge in [0.1, 0.15) is 6.10 Å². The van der Waals surface area contributed by atoms with Crippen LogP contribution < -0.4 is 5.32 Å². The Bertz CT molecular complexity index is 545. The number of nitrogens with zero attached hydrogens (tertiary/aromatic N) is 1. The van der Waals surface area contributed by atoms with Crippen molar-refractivity contribution in [1.82, 2.24) is 10.2 Å². The Hall–Kier alpha value is -0.910. The third-order valence-electron chi connectivity index (χ3n) is 7.39. The first-order chi connectivity index (χ1) is 12.6. The number of hydrogen-bond donors (Lipinski definition) is 1. The van der Waals surface area contributed by atoms with E-state index in [0.717, 1.165) is 65.2 Å². The first kappa shape index (κ1) is 18.5. The Labute approximate surface area is 157 Å². The van der Waals surface area contributed by atoms with E-state index in [1.165, 1.54) is 18.4 Å². The van der Waals surface area contributed by atoms with Gasteiger partial charge >= 0.3 is 5.97 Å². The molecule has 0 amide bonds. The van der Waals surface area contributed by atoms with E-state index in [0.29, 0.717) is 11.8 Å². The number of fused-ring (bicyclic) bond motifs is 2. The van der Waals surface area contributed by atoms with Crippen LogP contribution in [0.25, 0.3) is 0 Å². The van der Waals surface area contributed by atoms with Crippen LogP contribution in [0.2, 0.25) is 0 Å². The van der Waals surface area contributed by atoms with Gasteiger partial charge in [-0.05, 0) is 43.4 Å². The van der Waals surface area contributed by atoms with Gasteiger partial charge in [0.05, 0.1) is 19.1 Å². The highest BCUT2D eigenvalue weighted by Crippen LogP contribution is 2.56. The summed E-state index contributed by atoms with van der Waals surface area (Å²) in [6.45, 7) is 13.2. The molecule has 2 aliphatic carbocycles. The maximum Gasteiger partial charge on any atom is 0.310 e. The van der Waals surface area contributed by atoms with Crippen LogP contribution in [0.4, 0.5) is 0 Å². The molecule has 2 saturated carbocycles. The lowest BCUT2D eigenvalue weighted by molar-refractivity contribution is -0.146. The van der Waals surface area contributed by atoms with Gasteiger partial charge in [0.2, 0.25) is 0 Å². The van der Waals surface area contributed by atoms with Gasteiger partial charge in [-0.3, -0.25) is 9.69 Å². The number of carbonyl (C=O) groups is 1. The predicted octanol–water partition coefficient (Wildman–Crippen LogP) is 2.22. The number of hydrogen-bond acceptors (Lipinski definition) is 5. The molecule has 0 bridgehead atoms. The summed E-state index contributed by atoms with van der Waals surface area (Å²) in [5.74, 6) is 0.977. The molecule has 0 aromatic carbocycles. The van der Waals surface area contributed by atoms with Crippen LogP contribution in [0.3, 0.4) is 0 Å². The number of rotatable bonds is 5. The molecular weight excluding hydrogens is 328 g/mol. The lowest BCUT2D eigenvalue weighted by Crippen LogP contribution is -2.46. The highest BCUT2D eigenvalue weighted by Gasteiger charge is 2.54. The molecule has 5 heteroatoms. The highest BCUT2D eigenvalue weighted by molar-refractivity contribution is 5.75. The Morgan fingerprint density at radius 2 is 2.15 bits per heavy atom. The maximum absolute atomic E-state index is 12.5. The van der Waals surface area contributed by atoms with Crippen LogP contribution in [-0.2, 0) is 14.3 Å². The predicted molar refractivity (Wildman–Crippen MR) is 101 cm³/mol. The molecule has 4 aliphatic rings. The molecule has 146 valence electrons. The van der Waals surface area contributed by atoms with Crippen molar-refractivity contribution in [2.24, 2.45) is 23.2 Å². The van der Waals surface area contributed by atoms with Gasteiger partial charge < -0.3 is 14.8 Å². The average molecular weight is 363 g/mol. The second-order valence-electron chi connectivity index (χ2n) is 9.06. The quantitative estimate of drug-likeness (QED) is 0.462. The number of esters is 1. The summed E-state index contributed by atoms with van der Waals surface area (Å²) in [5, 5.41) is 3.53. The van der Waals surface area contributed by atoms with E-state index in [2.05, 4.69) is 23.7 Å². The SMILES string of the molecule is C=C1CCC[C@@]2(C)C[C@H]3OC(=O)[C@@H](CNCCN4CCOCC4)[C@@H]3C[C@@H]12. The van der Waals surface area contributed by atoms with Crippen molar-refractivity contribution in [1.29, 1.82) is 0 Å². The maximum atomic E-state index is 12.5.